The second-order valence-electron chi connectivity index (χ2n) is 6.19. The lowest BCUT2D eigenvalue weighted by molar-refractivity contribution is -0.145. The molecule has 142 valence electrons. The maximum absolute atomic E-state index is 13.4. The number of carbonyl (C=O) groups is 3. The molecule has 2 amide bonds. The molecule has 0 aliphatic heterocycles. The number of carbonyl (C=O) groups excluding carboxylic acids is 3. The molecule has 0 saturated heterocycles. The van der Waals surface area contributed by atoms with Gasteiger partial charge in [-0.15, -0.1) is 0 Å². The molecule has 0 bridgehead atoms. The molecule has 0 aromatic heterocycles. The van der Waals surface area contributed by atoms with E-state index in [2.05, 4.69) is 10.6 Å². The zero-order chi connectivity index (χ0) is 19.7. The largest absolute Gasteiger partial charge is 0.467 e. The number of halogens is 1. The van der Waals surface area contributed by atoms with Crippen molar-refractivity contribution in [3.8, 4) is 0 Å². The summed E-state index contributed by atoms with van der Waals surface area (Å²) in [5, 5.41) is 5.13. The average molecular weight is 364 g/mol. The van der Waals surface area contributed by atoms with Crippen LogP contribution in [0.3, 0.4) is 0 Å². The van der Waals surface area contributed by atoms with Crippen LogP contribution < -0.4 is 10.6 Å². The quantitative estimate of drug-likeness (QED) is 0.545. The first-order chi connectivity index (χ1) is 12.2. The summed E-state index contributed by atoms with van der Waals surface area (Å²) in [7, 11) is 1.24. The summed E-state index contributed by atoms with van der Waals surface area (Å²) in [6, 6.07) is 3.97. The lowest BCUT2D eigenvalue weighted by atomic mass is 10.0. The van der Waals surface area contributed by atoms with E-state index in [1.54, 1.807) is 6.07 Å². The highest BCUT2D eigenvalue weighted by Crippen LogP contribution is 2.08. The molecule has 1 rings (SSSR count). The first-order valence-electron chi connectivity index (χ1n) is 8.26. The van der Waals surface area contributed by atoms with E-state index in [0.29, 0.717) is 5.56 Å². The van der Waals surface area contributed by atoms with Crippen molar-refractivity contribution in [1.29, 1.82) is 0 Å². The van der Waals surface area contributed by atoms with Gasteiger partial charge in [0.15, 0.2) is 0 Å². The van der Waals surface area contributed by atoms with Crippen LogP contribution in [0.25, 0.3) is 0 Å². The molecule has 1 aromatic carbocycles. The Balaban J connectivity index is 2.93. The minimum atomic E-state index is -0.937. The van der Waals surface area contributed by atoms with Crippen molar-refractivity contribution in [3.05, 3.63) is 47.3 Å². The first-order valence-corrected chi connectivity index (χ1v) is 8.26. The van der Waals surface area contributed by atoms with Crippen LogP contribution in [0, 0.1) is 5.82 Å². The van der Waals surface area contributed by atoms with Crippen LogP contribution >= 0.6 is 0 Å². The SMILES string of the molecule is COC(=O)[C@H](CC=C(C)C)NC(=O)[C@@H](Cc1cccc(F)c1)NC(C)=O. The number of benzene rings is 1. The number of hydrogen-bond donors (Lipinski definition) is 2. The maximum Gasteiger partial charge on any atom is 0.328 e. The summed E-state index contributed by atoms with van der Waals surface area (Å²) >= 11 is 0. The van der Waals surface area contributed by atoms with Gasteiger partial charge in [-0.2, -0.15) is 0 Å². The summed E-state index contributed by atoms with van der Waals surface area (Å²) in [6.45, 7) is 5.03. The number of hydrogen-bond acceptors (Lipinski definition) is 4. The summed E-state index contributed by atoms with van der Waals surface area (Å²) in [5.74, 6) is -1.95. The van der Waals surface area contributed by atoms with Gasteiger partial charge < -0.3 is 15.4 Å². The number of ether oxygens (including phenoxy) is 1. The molecule has 0 heterocycles. The third kappa shape index (κ3) is 7.46. The molecule has 2 N–H and O–H groups in total. The van der Waals surface area contributed by atoms with E-state index in [4.69, 9.17) is 4.74 Å². The molecular weight excluding hydrogens is 339 g/mol. The molecule has 0 saturated carbocycles. The number of allylic oxidation sites excluding steroid dienone is 1. The second-order valence-corrected chi connectivity index (χ2v) is 6.19. The number of methoxy groups -OCH3 is 1. The van der Waals surface area contributed by atoms with Crippen molar-refractivity contribution in [1.82, 2.24) is 10.6 Å². The number of nitrogens with one attached hydrogen (secondary N) is 2. The second kappa shape index (κ2) is 10.3. The fraction of sp³-hybridized carbons (Fsp3) is 0.421. The zero-order valence-corrected chi connectivity index (χ0v) is 15.5. The summed E-state index contributed by atoms with van der Waals surface area (Å²) in [5.41, 5.74) is 1.55. The van der Waals surface area contributed by atoms with Gasteiger partial charge in [-0.05, 0) is 38.0 Å². The van der Waals surface area contributed by atoms with Crippen LogP contribution in [0.5, 0.6) is 0 Å². The van der Waals surface area contributed by atoms with E-state index >= 15 is 0 Å². The molecule has 0 radical (unpaired) electrons. The Morgan fingerprint density at radius 1 is 1.15 bits per heavy atom. The Kier molecular flexibility index (Phi) is 8.48. The molecule has 0 aliphatic rings. The molecule has 0 unspecified atom stereocenters. The van der Waals surface area contributed by atoms with Crippen LogP contribution in [-0.2, 0) is 25.5 Å². The van der Waals surface area contributed by atoms with Gasteiger partial charge in [0.2, 0.25) is 11.8 Å². The Morgan fingerprint density at radius 3 is 2.38 bits per heavy atom. The topological polar surface area (TPSA) is 84.5 Å². The Morgan fingerprint density at radius 2 is 1.85 bits per heavy atom. The fourth-order valence-corrected chi connectivity index (χ4v) is 2.34. The third-order valence-electron chi connectivity index (χ3n) is 3.59. The first kappa shape index (κ1) is 21.3. The molecule has 0 aliphatic carbocycles. The number of rotatable bonds is 8. The van der Waals surface area contributed by atoms with Gasteiger partial charge in [-0.25, -0.2) is 9.18 Å². The molecule has 7 heteroatoms. The Hall–Kier alpha value is -2.70. The van der Waals surface area contributed by atoms with E-state index in [9.17, 15) is 18.8 Å². The molecule has 2 atom stereocenters. The molecular formula is C19H25FN2O4. The van der Waals surface area contributed by atoms with Gasteiger partial charge in [-0.1, -0.05) is 23.8 Å². The molecule has 0 fully saturated rings. The molecule has 6 nitrogen and oxygen atoms in total. The zero-order valence-electron chi connectivity index (χ0n) is 15.5. The molecule has 0 spiro atoms. The lowest BCUT2D eigenvalue weighted by Gasteiger charge is -2.21. The van der Waals surface area contributed by atoms with E-state index < -0.39 is 35.7 Å². The summed E-state index contributed by atoms with van der Waals surface area (Å²) < 4.78 is 18.1. The van der Waals surface area contributed by atoms with Crippen molar-refractivity contribution in [2.75, 3.05) is 7.11 Å². The average Bonchev–Trinajstić information content (AvgIpc) is 2.56. The highest BCUT2D eigenvalue weighted by Gasteiger charge is 2.26. The van der Waals surface area contributed by atoms with Gasteiger partial charge in [0.05, 0.1) is 7.11 Å². The Bertz CT molecular complexity index is 684. The minimum Gasteiger partial charge on any atom is -0.467 e. The van der Waals surface area contributed by atoms with Crippen molar-refractivity contribution in [2.24, 2.45) is 0 Å². The normalized spacial score (nSPS) is 12.5. The van der Waals surface area contributed by atoms with Crippen LogP contribution in [0.2, 0.25) is 0 Å². The van der Waals surface area contributed by atoms with Crippen molar-refractivity contribution >= 4 is 17.8 Å². The summed E-state index contributed by atoms with van der Waals surface area (Å²) in [4.78, 5) is 35.9. The Labute approximate surface area is 152 Å². The molecule has 1 aromatic rings. The van der Waals surface area contributed by atoms with E-state index in [-0.39, 0.29) is 12.8 Å². The smallest absolute Gasteiger partial charge is 0.328 e. The van der Waals surface area contributed by atoms with Crippen LogP contribution in [0.15, 0.2) is 35.9 Å². The highest BCUT2D eigenvalue weighted by molar-refractivity contribution is 5.90. The van der Waals surface area contributed by atoms with E-state index in [1.165, 1.54) is 32.2 Å². The van der Waals surface area contributed by atoms with Gasteiger partial charge in [0, 0.05) is 13.3 Å². The number of esters is 1. The minimum absolute atomic E-state index is 0.0969. The predicted molar refractivity (Wildman–Crippen MR) is 95.7 cm³/mol. The predicted octanol–water partition coefficient (Wildman–Crippen LogP) is 1.89. The van der Waals surface area contributed by atoms with Gasteiger partial charge in [0.25, 0.3) is 0 Å². The molecule has 26 heavy (non-hydrogen) atoms. The van der Waals surface area contributed by atoms with Crippen molar-refractivity contribution in [2.45, 2.75) is 45.7 Å². The van der Waals surface area contributed by atoms with Gasteiger partial charge in [0.1, 0.15) is 17.9 Å². The van der Waals surface area contributed by atoms with Crippen LogP contribution in [0.1, 0.15) is 32.8 Å². The van der Waals surface area contributed by atoms with E-state index in [0.717, 1.165) is 5.57 Å². The standard InChI is InChI=1S/C19H25FN2O4/c1-12(2)8-9-16(19(25)26-4)22-18(24)17(21-13(3)23)11-14-6-5-7-15(20)10-14/h5-8,10,16-17H,9,11H2,1-4H3,(H,21,23)(H,22,24)/t16-,17+/m0/s1. The highest BCUT2D eigenvalue weighted by atomic mass is 19.1. The van der Waals surface area contributed by atoms with Crippen molar-refractivity contribution < 1.29 is 23.5 Å². The summed E-state index contributed by atoms with van der Waals surface area (Å²) in [6.07, 6.45) is 2.18. The lowest BCUT2D eigenvalue weighted by Crippen LogP contribution is -2.52. The fourth-order valence-electron chi connectivity index (χ4n) is 2.34. The van der Waals surface area contributed by atoms with Gasteiger partial charge in [-0.3, -0.25) is 9.59 Å². The van der Waals surface area contributed by atoms with Crippen molar-refractivity contribution in [3.63, 3.8) is 0 Å². The van der Waals surface area contributed by atoms with Crippen LogP contribution in [-0.4, -0.2) is 37.0 Å². The van der Waals surface area contributed by atoms with E-state index in [1.807, 2.05) is 19.9 Å². The third-order valence-corrected chi connectivity index (χ3v) is 3.59. The maximum atomic E-state index is 13.4. The van der Waals surface area contributed by atoms with Crippen LogP contribution in [0.4, 0.5) is 4.39 Å². The van der Waals surface area contributed by atoms with Gasteiger partial charge >= 0.3 is 5.97 Å². The number of amides is 2. The monoisotopic (exact) mass is 364 g/mol.